The van der Waals surface area contributed by atoms with Gasteiger partial charge in [0.2, 0.25) is 5.91 Å². The fraction of sp³-hybridized carbons (Fsp3) is 0.562. The quantitative estimate of drug-likeness (QED) is 0.826. The summed E-state index contributed by atoms with van der Waals surface area (Å²) in [4.78, 5) is 10.9. The van der Waals surface area contributed by atoms with E-state index in [-0.39, 0.29) is 17.4 Å². The van der Waals surface area contributed by atoms with Crippen molar-refractivity contribution in [3.63, 3.8) is 0 Å². The first-order valence-electron chi connectivity index (χ1n) is 6.88. The highest BCUT2D eigenvalue weighted by molar-refractivity contribution is 5.73. The van der Waals surface area contributed by atoms with Gasteiger partial charge in [0.1, 0.15) is 5.75 Å². The lowest BCUT2D eigenvalue weighted by Gasteiger charge is -2.26. The first-order valence-corrected chi connectivity index (χ1v) is 6.88. The van der Waals surface area contributed by atoms with E-state index < -0.39 is 0 Å². The van der Waals surface area contributed by atoms with Gasteiger partial charge in [-0.25, -0.2) is 0 Å². The summed E-state index contributed by atoms with van der Waals surface area (Å²) < 4.78 is 0. The predicted molar refractivity (Wildman–Crippen MR) is 78.3 cm³/mol. The molecule has 0 bridgehead atoms. The molecule has 0 aliphatic heterocycles. The Balaban J connectivity index is 2.52. The number of hydrogen-bond acceptors (Lipinski definition) is 2. The van der Waals surface area contributed by atoms with Gasteiger partial charge < -0.3 is 10.4 Å². The third-order valence-corrected chi connectivity index (χ3v) is 3.52. The normalized spacial score (nSPS) is 13.1. The molecule has 0 fully saturated rings. The van der Waals surface area contributed by atoms with Gasteiger partial charge in [0, 0.05) is 13.0 Å². The average molecular weight is 263 g/mol. The molecule has 0 aliphatic rings. The molecule has 0 spiro atoms. The van der Waals surface area contributed by atoms with Gasteiger partial charge >= 0.3 is 0 Å². The van der Waals surface area contributed by atoms with Crippen LogP contribution in [0.3, 0.4) is 0 Å². The molecule has 1 atom stereocenters. The molecule has 1 unspecified atom stereocenters. The van der Waals surface area contributed by atoms with E-state index in [1.54, 1.807) is 13.0 Å². The first kappa shape index (κ1) is 15.5. The van der Waals surface area contributed by atoms with Crippen molar-refractivity contribution in [2.75, 3.05) is 0 Å². The molecule has 1 amide bonds. The fourth-order valence-corrected chi connectivity index (χ4v) is 2.45. The Bertz CT molecular complexity index is 427. The molecule has 1 aromatic rings. The van der Waals surface area contributed by atoms with E-state index >= 15 is 0 Å². The van der Waals surface area contributed by atoms with Gasteiger partial charge in [0.25, 0.3) is 0 Å². The molecule has 106 valence electrons. The van der Waals surface area contributed by atoms with Crippen LogP contribution in [0.2, 0.25) is 0 Å². The van der Waals surface area contributed by atoms with Gasteiger partial charge in [0.15, 0.2) is 0 Å². The number of phenols is 1. The Hall–Kier alpha value is -1.51. The summed E-state index contributed by atoms with van der Waals surface area (Å²) in [5.41, 5.74) is 0.934. The van der Waals surface area contributed by atoms with Crippen LogP contribution in [-0.4, -0.2) is 17.1 Å². The molecule has 1 aromatic carbocycles. The predicted octanol–water partition coefficient (Wildman–Crippen LogP) is 3.36. The number of carbonyl (C=O) groups excluding carboxylic acids is 1. The minimum atomic E-state index is -0.0543. The van der Waals surface area contributed by atoms with Crippen molar-refractivity contribution in [1.82, 2.24) is 5.32 Å². The van der Waals surface area contributed by atoms with Crippen LogP contribution in [-0.2, 0) is 10.2 Å². The molecule has 2 N–H and O–H groups in total. The second-order valence-corrected chi connectivity index (χ2v) is 5.89. The molecule has 0 saturated carbocycles. The minimum Gasteiger partial charge on any atom is -0.508 e. The molecule has 3 nitrogen and oxygen atoms in total. The number of aromatic hydroxyl groups is 1. The SMILES string of the molecule is CC(=O)NC(C)CCCC(C)(C)c1ccccc1O. The second kappa shape index (κ2) is 6.60. The first-order chi connectivity index (χ1) is 8.83. The lowest BCUT2D eigenvalue weighted by Crippen LogP contribution is -2.30. The van der Waals surface area contributed by atoms with E-state index in [1.807, 2.05) is 25.1 Å². The van der Waals surface area contributed by atoms with Crippen LogP contribution in [0.1, 0.15) is 52.5 Å². The van der Waals surface area contributed by atoms with Crippen molar-refractivity contribution >= 4 is 5.91 Å². The molecule has 1 rings (SSSR count). The van der Waals surface area contributed by atoms with Gasteiger partial charge in [-0.1, -0.05) is 38.5 Å². The number of phenolic OH excluding ortho intramolecular Hbond substituents is 1. The highest BCUT2D eigenvalue weighted by atomic mass is 16.3. The van der Waals surface area contributed by atoms with Gasteiger partial charge in [-0.05, 0) is 36.8 Å². The van der Waals surface area contributed by atoms with Crippen molar-refractivity contribution in [2.45, 2.75) is 58.4 Å². The second-order valence-electron chi connectivity index (χ2n) is 5.89. The van der Waals surface area contributed by atoms with Crippen LogP contribution < -0.4 is 5.32 Å². The molecule has 0 heterocycles. The maximum atomic E-state index is 10.9. The van der Waals surface area contributed by atoms with Crippen molar-refractivity contribution in [3.05, 3.63) is 29.8 Å². The number of benzene rings is 1. The summed E-state index contributed by atoms with van der Waals surface area (Å²) in [7, 11) is 0. The number of hydrogen-bond donors (Lipinski definition) is 2. The van der Waals surface area contributed by atoms with Crippen LogP contribution in [0.25, 0.3) is 0 Å². The number of carbonyl (C=O) groups is 1. The fourth-order valence-electron chi connectivity index (χ4n) is 2.45. The number of nitrogens with one attached hydrogen (secondary N) is 1. The van der Waals surface area contributed by atoms with Gasteiger partial charge in [0.05, 0.1) is 0 Å². The molecule has 0 radical (unpaired) electrons. The maximum absolute atomic E-state index is 10.9. The average Bonchev–Trinajstić information content (AvgIpc) is 2.27. The van der Waals surface area contributed by atoms with Crippen molar-refractivity contribution in [3.8, 4) is 5.75 Å². The molecular weight excluding hydrogens is 238 g/mol. The van der Waals surface area contributed by atoms with Crippen LogP contribution in [0.5, 0.6) is 5.75 Å². The summed E-state index contributed by atoms with van der Waals surface area (Å²) in [6, 6.07) is 7.71. The zero-order chi connectivity index (χ0) is 14.5. The summed E-state index contributed by atoms with van der Waals surface area (Å²) in [5.74, 6) is 0.384. The van der Waals surface area contributed by atoms with Crippen molar-refractivity contribution < 1.29 is 9.90 Å². The van der Waals surface area contributed by atoms with Crippen molar-refractivity contribution in [1.29, 1.82) is 0 Å². The van der Waals surface area contributed by atoms with Crippen molar-refractivity contribution in [2.24, 2.45) is 0 Å². The smallest absolute Gasteiger partial charge is 0.217 e. The topological polar surface area (TPSA) is 49.3 Å². The Labute approximate surface area is 116 Å². The van der Waals surface area contributed by atoms with E-state index in [1.165, 1.54) is 0 Å². The molecule has 0 saturated heterocycles. The summed E-state index contributed by atoms with van der Waals surface area (Å²) in [6.45, 7) is 7.85. The third-order valence-electron chi connectivity index (χ3n) is 3.52. The lowest BCUT2D eigenvalue weighted by molar-refractivity contribution is -0.119. The van der Waals surface area contributed by atoms with Crippen LogP contribution in [0.15, 0.2) is 24.3 Å². The monoisotopic (exact) mass is 263 g/mol. The standard InChI is InChI=1S/C16H25NO2/c1-12(17-13(2)18)8-7-11-16(3,4)14-9-5-6-10-15(14)19/h5-6,9-10,12,19H,7-8,11H2,1-4H3,(H,17,18). The van der Waals surface area contributed by atoms with Crippen LogP contribution in [0.4, 0.5) is 0 Å². The molecule has 0 aromatic heterocycles. The van der Waals surface area contributed by atoms with E-state index in [0.717, 1.165) is 24.8 Å². The van der Waals surface area contributed by atoms with Gasteiger partial charge in [-0.2, -0.15) is 0 Å². The Morgan fingerprint density at radius 3 is 2.58 bits per heavy atom. The van der Waals surface area contributed by atoms with Gasteiger partial charge in [-0.15, -0.1) is 0 Å². The highest BCUT2D eigenvalue weighted by Gasteiger charge is 2.23. The maximum Gasteiger partial charge on any atom is 0.217 e. The van der Waals surface area contributed by atoms with Gasteiger partial charge in [-0.3, -0.25) is 4.79 Å². The lowest BCUT2D eigenvalue weighted by atomic mass is 9.79. The summed E-state index contributed by atoms with van der Waals surface area (Å²) >= 11 is 0. The van der Waals surface area contributed by atoms with E-state index in [0.29, 0.717) is 5.75 Å². The van der Waals surface area contributed by atoms with Crippen LogP contribution in [0, 0.1) is 0 Å². The summed E-state index contributed by atoms with van der Waals surface area (Å²) in [5, 5.41) is 12.8. The Morgan fingerprint density at radius 1 is 1.37 bits per heavy atom. The Morgan fingerprint density at radius 2 is 2.00 bits per heavy atom. The number of para-hydroxylation sites is 1. The zero-order valence-electron chi connectivity index (χ0n) is 12.4. The minimum absolute atomic E-state index is 0.0208. The molecular formula is C16H25NO2. The third kappa shape index (κ3) is 4.93. The Kier molecular flexibility index (Phi) is 5.40. The number of rotatable bonds is 6. The molecule has 0 aliphatic carbocycles. The highest BCUT2D eigenvalue weighted by Crippen LogP contribution is 2.34. The zero-order valence-corrected chi connectivity index (χ0v) is 12.4. The summed E-state index contributed by atoms with van der Waals surface area (Å²) in [6.07, 6.45) is 2.95. The molecule has 19 heavy (non-hydrogen) atoms. The van der Waals surface area contributed by atoms with E-state index in [4.69, 9.17) is 0 Å². The van der Waals surface area contributed by atoms with E-state index in [2.05, 4.69) is 19.2 Å². The number of amides is 1. The van der Waals surface area contributed by atoms with Crippen LogP contribution >= 0.6 is 0 Å². The van der Waals surface area contributed by atoms with E-state index in [9.17, 15) is 9.90 Å². The molecule has 3 heteroatoms. The largest absolute Gasteiger partial charge is 0.508 e.